The minimum atomic E-state index is 0.555. The van der Waals surface area contributed by atoms with Crippen LogP contribution < -0.4 is 5.43 Å². The van der Waals surface area contributed by atoms with Crippen LogP contribution in [0.5, 0.6) is 0 Å². The lowest BCUT2D eigenvalue weighted by Gasteiger charge is -2.02. The minimum absolute atomic E-state index is 0.555. The number of hydrazone groups is 1. The van der Waals surface area contributed by atoms with Crippen LogP contribution in [0.3, 0.4) is 0 Å². The van der Waals surface area contributed by atoms with Gasteiger partial charge in [0.1, 0.15) is 0 Å². The molecule has 0 radical (unpaired) electrons. The molecular formula is C13H9Cl3N2. The summed E-state index contributed by atoms with van der Waals surface area (Å²) in [5.41, 5.74) is 4.33. The van der Waals surface area contributed by atoms with Gasteiger partial charge in [0.15, 0.2) is 0 Å². The summed E-state index contributed by atoms with van der Waals surface area (Å²) in [5, 5.41) is 5.83. The van der Waals surface area contributed by atoms with Crippen LogP contribution in [0.15, 0.2) is 47.6 Å². The van der Waals surface area contributed by atoms with Crippen LogP contribution in [0.25, 0.3) is 0 Å². The second-order valence-corrected chi connectivity index (χ2v) is 4.77. The van der Waals surface area contributed by atoms with Crippen LogP contribution in [0.1, 0.15) is 5.56 Å². The number of benzene rings is 2. The molecule has 0 spiro atoms. The van der Waals surface area contributed by atoms with E-state index in [2.05, 4.69) is 10.5 Å². The highest BCUT2D eigenvalue weighted by atomic mass is 35.5. The molecule has 0 amide bonds. The Hall–Kier alpha value is -1.22. The normalized spacial score (nSPS) is 10.8. The van der Waals surface area contributed by atoms with Crippen molar-refractivity contribution in [3.63, 3.8) is 0 Å². The van der Waals surface area contributed by atoms with E-state index in [1.165, 1.54) is 0 Å². The van der Waals surface area contributed by atoms with Crippen molar-refractivity contribution in [3.8, 4) is 0 Å². The van der Waals surface area contributed by atoms with Gasteiger partial charge in [-0.2, -0.15) is 5.10 Å². The summed E-state index contributed by atoms with van der Waals surface area (Å²) < 4.78 is 0. The molecule has 2 aromatic carbocycles. The van der Waals surface area contributed by atoms with E-state index in [9.17, 15) is 0 Å². The Balaban J connectivity index is 2.12. The molecule has 0 aliphatic rings. The first-order valence-electron chi connectivity index (χ1n) is 5.15. The SMILES string of the molecule is Clc1cccc(N/N=C\c2c(Cl)cccc2Cl)c1. The minimum Gasteiger partial charge on any atom is -0.278 e. The zero-order valence-electron chi connectivity index (χ0n) is 9.20. The van der Waals surface area contributed by atoms with Crippen molar-refractivity contribution in [1.82, 2.24) is 0 Å². The Bertz CT molecular complexity index is 562. The maximum atomic E-state index is 6.01. The van der Waals surface area contributed by atoms with Crippen molar-refractivity contribution in [2.24, 2.45) is 5.10 Å². The van der Waals surface area contributed by atoms with Crippen molar-refractivity contribution in [2.45, 2.75) is 0 Å². The van der Waals surface area contributed by atoms with Crippen LogP contribution in [0, 0.1) is 0 Å². The number of anilines is 1. The van der Waals surface area contributed by atoms with E-state index in [4.69, 9.17) is 34.8 Å². The maximum Gasteiger partial charge on any atom is 0.0576 e. The van der Waals surface area contributed by atoms with Gasteiger partial charge in [0, 0.05) is 10.6 Å². The molecule has 2 aromatic rings. The predicted molar refractivity (Wildman–Crippen MR) is 79.1 cm³/mol. The Morgan fingerprint density at radius 1 is 0.944 bits per heavy atom. The molecule has 0 saturated heterocycles. The Kier molecular flexibility index (Phi) is 4.48. The summed E-state index contributed by atoms with van der Waals surface area (Å²) >= 11 is 17.9. The first-order chi connectivity index (χ1) is 8.66. The van der Waals surface area contributed by atoms with Gasteiger partial charge in [-0.3, -0.25) is 5.43 Å². The van der Waals surface area contributed by atoms with Crippen molar-refractivity contribution >= 4 is 46.7 Å². The number of hydrogen-bond acceptors (Lipinski definition) is 2. The molecule has 0 aromatic heterocycles. The third-order valence-electron chi connectivity index (χ3n) is 2.21. The highest BCUT2D eigenvalue weighted by Gasteiger charge is 2.01. The number of nitrogens with zero attached hydrogens (tertiary/aromatic N) is 1. The number of rotatable bonds is 3. The summed E-state index contributed by atoms with van der Waals surface area (Å²) in [4.78, 5) is 0. The van der Waals surface area contributed by atoms with Gasteiger partial charge >= 0.3 is 0 Å². The summed E-state index contributed by atoms with van der Waals surface area (Å²) in [6, 6.07) is 12.6. The van der Waals surface area contributed by atoms with Gasteiger partial charge in [0.05, 0.1) is 21.9 Å². The summed E-state index contributed by atoms with van der Waals surface area (Å²) in [6.07, 6.45) is 1.57. The van der Waals surface area contributed by atoms with Crippen LogP contribution in [-0.4, -0.2) is 6.21 Å². The standard InChI is InChI=1S/C13H9Cl3N2/c14-9-3-1-4-10(7-9)18-17-8-11-12(15)5-2-6-13(11)16/h1-8,18H/b17-8-. The highest BCUT2D eigenvalue weighted by molar-refractivity contribution is 6.38. The smallest absolute Gasteiger partial charge is 0.0576 e. The van der Waals surface area contributed by atoms with Crippen LogP contribution in [-0.2, 0) is 0 Å². The highest BCUT2D eigenvalue weighted by Crippen LogP contribution is 2.22. The number of nitrogens with one attached hydrogen (secondary N) is 1. The zero-order valence-corrected chi connectivity index (χ0v) is 11.5. The Morgan fingerprint density at radius 3 is 2.28 bits per heavy atom. The molecule has 0 heterocycles. The fraction of sp³-hybridized carbons (Fsp3) is 0. The fourth-order valence-corrected chi connectivity index (χ4v) is 2.05. The lowest BCUT2D eigenvalue weighted by atomic mass is 10.2. The van der Waals surface area contributed by atoms with E-state index >= 15 is 0 Å². The van der Waals surface area contributed by atoms with Gasteiger partial charge in [0.25, 0.3) is 0 Å². The molecule has 1 N–H and O–H groups in total. The molecule has 0 saturated carbocycles. The largest absolute Gasteiger partial charge is 0.278 e. The van der Waals surface area contributed by atoms with Gasteiger partial charge < -0.3 is 0 Å². The number of halogens is 3. The molecule has 0 unspecified atom stereocenters. The average Bonchev–Trinajstić information content (AvgIpc) is 2.33. The molecular weight excluding hydrogens is 291 g/mol. The zero-order chi connectivity index (χ0) is 13.0. The summed E-state index contributed by atoms with van der Waals surface area (Å²) in [5.74, 6) is 0. The summed E-state index contributed by atoms with van der Waals surface area (Å²) in [7, 11) is 0. The molecule has 0 atom stereocenters. The quantitative estimate of drug-likeness (QED) is 0.619. The Labute approximate surface area is 120 Å². The van der Waals surface area contributed by atoms with E-state index in [1.807, 2.05) is 12.1 Å². The van der Waals surface area contributed by atoms with Crippen molar-refractivity contribution in [3.05, 3.63) is 63.1 Å². The first-order valence-corrected chi connectivity index (χ1v) is 6.29. The first kappa shape index (κ1) is 13.2. The van der Waals surface area contributed by atoms with E-state index in [-0.39, 0.29) is 0 Å². The molecule has 92 valence electrons. The molecule has 0 aliphatic heterocycles. The van der Waals surface area contributed by atoms with Gasteiger partial charge in [-0.15, -0.1) is 0 Å². The summed E-state index contributed by atoms with van der Waals surface area (Å²) in [6.45, 7) is 0. The van der Waals surface area contributed by atoms with Crippen molar-refractivity contribution in [1.29, 1.82) is 0 Å². The van der Waals surface area contributed by atoms with Gasteiger partial charge in [0.2, 0.25) is 0 Å². The van der Waals surface area contributed by atoms with E-state index in [1.54, 1.807) is 36.5 Å². The molecule has 2 nitrogen and oxygen atoms in total. The fourth-order valence-electron chi connectivity index (χ4n) is 1.36. The van der Waals surface area contributed by atoms with Crippen LogP contribution in [0.2, 0.25) is 15.1 Å². The molecule has 18 heavy (non-hydrogen) atoms. The lowest BCUT2D eigenvalue weighted by molar-refractivity contribution is 1.35. The van der Waals surface area contributed by atoms with Gasteiger partial charge in [-0.25, -0.2) is 0 Å². The van der Waals surface area contributed by atoms with Crippen LogP contribution >= 0.6 is 34.8 Å². The predicted octanol–water partition coefficient (Wildman–Crippen LogP) is 5.09. The average molecular weight is 300 g/mol. The topological polar surface area (TPSA) is 24.4 Å². The molecule has 2 rings (SSSR count). The van der Waals surface area contributed by atoms with Gasteiger partial charge in [-0.05, 0) is 30.3 Å². The lowest BCUT2D eigenvalue weighted by Crippen LogP contribution is -1.91. The number of hydrogen-bond donors (Lipinski definition) is 1. The van der Waals surface area contributed by atoms with Crippen molar-refractivity contribution in [2.75, 3.05) is 5.43 Å². The Morgan fingerprint density at radius 2 is 1.61 bits per heavy atom. The maximum absolute atomic E-state index is 6.01. The molecule has 0 aliphatic carbocycles. The van der Waals surface area contributed by atoms with E-state index < -0.39 is 0 Å². The van der Waals surface area contributed by atoms with Gasteiger partial charge in [-0.1, -0.05) is 46.9 Å². The monoisotopic (exact) mass is 298 g/mol. The van der Waals surface area contributed by atoms with E-state index in [0.29, 0.717) is 20.6 Å². The van der Waals surface area contributed by atoms with E-state index in [0.717, 1.165) is 5.69 Å². The third kappa shape index (κ3) is 3.39. The second kappa shape index (κ2) is 6.10. The third-order valence-corrected chi connectivity index (χ3v) is 3.11. The van der Waals surface area contributed by atoms with Crippen molar-refractivity contribution < 1.29 is 0 Å². The molecule has 0 bridgehead atoms. The second-order valence-electron chi connectivity index (χ2n) is 3.52. The molecule has 5 heteroatoms. The molecule has 0 fully saturated rings. The van der Waals surface area contributed by atoms with Crippen LogP contribution in [0.4, 0.5) is 5.69 Å².